The van der Waals surface area contributed by atoms with Gasteiger partial charge < -0.3 is 0 Å². The van der Waals surface area contributed by atoms with Crippen molar-refractivity contribution >= 4 is 35.7 Å². The van der Waals surface area contributed by atoms with Crippen LogP contribution >= 0.6 is 35.7 Å². The van der Waals surface area contributed by atoms with E-state index in [-0.39, 0.29) is 0 Å². The molecule has 0 saturated heterocycles. The summed E-state index contributed by atoms with van der Waals surface area (Å²) in [6.07, 6.45) is 0. The zero-order valence-corrected chi connectivity index (χ0v) is 12.3. The van der Waals surface area contributed by atoms with Crippen LogP contribution in [0.4, 0.5) is 0 Å². The first-order valence-corrected chi connectivity index (χ1v) is 7.75. The maximum absolute atomic E-state index is 4.70. The highest BCUT2D eigenvalue weighted by Gasteiger charge is 2.13. The van der Waals surface area contributed by atoms with Crippen LogP contribution in [0.3, 0.4) is 0 Å². The van der Waals surface area contributed by atoms with Crippen LogP contribution in [-0.2, 0) is 11.5 Å². The molecule has 0 aliphatic carbocycles. The van der Waals surface area contributed by atoms with Crippen molar-refractivity contribution in [2.75, 3.05) is 0 Å². The molecule has 0 bridgehead atoms. The first kappa shape index (κ1) is 13.4. The van der Waals surface area contributed by atoms with E-state index in [2.05, 4.69) is 40.3 Å². The fourth-order valence-corrected chi connectivity index (χ4v) is 3.49. The second-order valence-corrected chi connectivity index (χ2v) is 7.14. The van der Waals surface area contributed by atoms with Gasteiger partial charge in [0.1, 0.15) is 5.01 Å². The molecule has 1 heterocycles. The molecule has 0 amide bonds. The Labute approximate surface area is 106 Å². The van der Waals surface area contributed by atoms with Gasteiger partial charge in [-0.1, -0.05) is 27.7 Å². The SMILES string of the molecule is CC(C)SCc1nc(C(C)C)c(CS)s1. The molecule has 0 radical (unpaired) electrons. The Bertz CT molecular complexity index is 305. The van der Waals surface area contributed by atoms with Gasteiger partial charge in [0.2, 0.25) is 0 Å². The molecule has 0 saturated carbocycles. The quantitative estimate of drug-likeness (QED) is 0.792. The van der Waals surface area contributed by atoms with E-state index in [0.717, 1.165) is 11.5 Å². The lowest BCUT2D eigenvalue weighted by Gasteiger charge is -2.02. The van der Waals surface area contributed by atoms with Gasteiger partial charge in [-0.3, -0.25) is 0 Å². The van der Waals surface area contributed by atoms with E-state index >= 15 is 0 Å². The zero-order valence-electron chi connectivity index (χ0n) is 9.78. The van der Waals surface area contributed by atoms with Crippen LogP contribution in [0.5, 0.6) is 0 Å². The van der Waals surface area contributed by atoms with Crippen LogP contribution in [0.25, 0.3) is 0 Å². The molecular weight excluding hydrogens is 242 g/mol. The topological polar surface area (TPSA) is 12.9 Å². The lowest BCUT2D eigenvalue weighted by atomic mass is 10.1. The van der Waals surface area contributed by atoms with Crippen LogP contribution in [-0.4, -0.2) is 10.2 Å². The average molecular weight is 261 g/mol. The van der Waals surface area contributed by atoms with Crippen LogP contribution in [0, 0.1) is 0 Å². The normalized spacial score (nSPS) is 11.7. The third-order valence-corrected chi connectivity index (χ3v) is 4.89. The molecule has 0 spiro atoms. The second-order valence-electron chi connectivity index (χ2n) is 4.09. The third-order valence-electron chi connectivity index (χ3n) is 2.00. The Kier molecular flexibility index (Phi) is 5.50. The molecular formula is C11H19NS3. The van der Waals surface area contributed by atoms with Gasteiger partial charge >= 0.3 is 0 Å². The monoisotopic (exact) mass is 261 g/mol. The smallest absolute Gasteiger partial charge is 0.103 e. The molecule has 0 aromatic carbocycles. The van der Waals surface area contributed by atoms with E-state index < -0.39 is 0 Å². The number of aromatic nitrogens is 1. The summed E-state index contributed by atoms with van der Waals surface area (Å²) in [7, 11) is 0. The molecule has 4 heteroatoms. The fourth-order valence-electron chi connectivity index (χ4n) is 1.28. The maximum Gasteiger partial charge on any atom is 0.103 e. The van der Waals surface area contributed by atoms with E-state index in [1.165, 1.54) is 15.6 Å². The number of rotatable bonds is 5. The highest BCUT2D eigenvalue weighted by atomic mass is 32.2. The summed E-state index contributed by atoms with van der Waals surface area (Å²) in [5, 5.41) is 1.93. The molecule has 0 N–H and O–H groups in total. The Morgan fingerprint density at radius 3 is 2.40 bits per heavy atom. The number of nitrogens with zero attached hydrogens (tertiary/aromatic N) is 1. The standard InChI is InChI=1S/C11H19NS3/c1-7(2)11-9(5-13)15-10(12-11)6-14-8(3)4/h7-8,13H,5-6H2,1-4H3. The van der Waals surface area contributed by atoms with Crippen LogP contribution in [0.2, 0.25) is 0 Å². The molecule has 1 aromatic heterocycles. The molecule has 86 valence electrons. The van der Waals surface area contributed by atoms with Crippen molar-refractivity contribution in [2.45, 2.75) is 50.4 Å². The largest absolute Gasteiger partial charge is 0.245 e. The van der Waals surface area contributed by atoms with E-state index in [1.54, 1.807) is 0 Å². The number of thiazole rings is 1. The summed E-state index contributed by atoms with van der Waals surface area (Å²) in [6.45, 7) is 8.84. The van der Waals surface area contributed by atoms with Crippen molar-refractivity contribution in [3.05, 3.63) is 15.6 Å². The van der Waals surface area contributed by atoms with E-state index in [4.69, 9.17) is 4.98 Å². The number of hydrogen-bond acceptors (Lipinski definition) is 4. The molecule has 1 rings (SSSR count). The van der Waals surface area contributed by atoms with Gasteiger partial charge in [-0.05, 0) is 11.2 Å². The van der Waals surface area contributed by atoms with Gasteiger partial charge in [0, 0.05) is 16.4 Å². The highest BCUT2D eigenvalue weighted by molar-refractivity contribution is 7.99. The fraction of sp³-hybridized carbons (Fsp3) is 0.727. The molecule has 0 fully saturated rings. The predicted octanol–water partition coefficient (Wildman–Crippen LogP) is 4.34. The molecule has 0 aliphatic heterocycles. The summed E-state index contributed by atoms with van der Waals surface area (Å²) in [4.78, 5) is 6.04. The van der Waals surface area contributed by atoms with E-state index in [0.29, 0.717) is 11.2 Å². The number of thioether (sulfide) groups is 1. The van der Waals surface area contributed by atoms with E-state index in [9.17, 15) is 0 Å². The Hall–Kier alpha value is 0.330. The van der Waals surface area contributed by atoms with Crippen LogP contribution < -0.4 is 0 Å². The molecule has 0 atom stereocenters. The Morgan fingerprint density at radius 2 is 2.00 bits per heavy atom. The van der Waals surface area contributed by atoms with Crippen molar-refractivity contribution in [1.29, 1.82) is 0 Å². The number of thiol groups is 1. The number of hydrogen-bond donors (Lipinski definition) is 1. The summed E-state index contributed by atoms with van der Waals surface area (Å²) < 4.78 is 0. The van der Waals surface area contributed by atoms with Crippen molar-refractivity contribution in [2.24, 2.45) is 0 Å². The average Bonchev–Trinajstić information content (AvgIpc) is 2.57. The molecule has 1 aromatic rings. The lowest BCUT2D eigenvalue weighted by Crippen LogP contribution is -1.93. The van der Waals surface area contributed by atoms with Crippen molar-refractivity contribution in [3.63, 3.8) is 0 Å². The second kappa shape index (κ2) is 6.16. The molecule has 15 heavy (non-hydrogen) atoms. The van der Waals surface area contributed by atoms with Gasteiger partial charge in [-0.15, -0.1) is 11.3 Å². The first-order chi connectivity index (χ1) is 7.04. The summed E-state index contributed by atoms with van der Waals surface area (Å²) in [5.74, 6) is 2.37. The van der Waals surface area contributed by atoms with Gasteiger partial charge in [-0.25, -0.2) is 4.98 Å². The van der Waals surface area contributed by atoms with Crippen LogP contribution in [0.1, 0.15) is 49.2 Å². The summed E-state index contributed by atoms with van der Waals surface area (Å²) in [6, 6.07) is 0. The van der Waals surface area contributed by atoms with E-state index in [1.807, 2.05) is 23.1 Å². The van der Waals surface area contributed by atoms with Gasteiger partial charge in [0.05, 0.1) is 5.69 Å². The minimum atomic E-state index is 0.515. The molecule has 1 nitrogen and oxygen atoms in total. The predicted molar refractivity (Wildman–Crippen MR) is 75.3 cm³/mol. The van der Waals surface area contributed by atoms with Crippen LogP contribution in [0.15, 0.2) is 0 Å². The summed E-state index contributed by atoms with van der Waals surface area (Å²) >= 11 is 8.13. The van der Waals surface area contributed by atoms with Crippen molar-refractivity contribution < 1.29 is 0 Å². The van der Waals surface area contributed by atoms with Gasteiger partial charge in [0.15, 0.2) is 0 Å². The molecule has 0 aliphatic rings. The van der Waals surface area contributed by atoms with Gasteiger partial charge in [-0.2, -0.15) is 24.4 Å². The zero-order chi connectivity index (χ0) is 11.4. The minimum absolute atomic E-state index is 0.515. The highest BCUT2D eigenvalue weighted by Crippen LogP contribution is 2.29. The summed E-state index contributed by atoms with van der Waals surface area (Å²) in [5.41, 5.74) is 1.24. The Morgan fingerprint density at radius 1 is 1.33 bits per heavy atom. The third kappa shape index (κ3) is 4.00. The van der Waals surface area contributed by atoms with Crippen molar-refractivity contribution in [3.8, 4) is 0 Å². The minimum Gasteiger partial charge on any atom is -0.245 e. The lowest BCUT2D eigenvalue weighted by molar-refractivity contribution is 0.819. The van der Waals surface area contributed by atoms with Gasteiger partial charge in [0.25, 0.3) is 0 Å². The Balaban J connectivity index is 2.74. The first-order valence-electron chi connectivity index (χ1n) is 5.25. The maximum atomic E-state index is 4.70. The van der Waals surface area contributed by atoms with Crippen molar-refractivity contribution in [1.82, 2.24) is 4.98 Å². The molecule has 0 unspecified atom stereocenters.